The Morgan fingerprint density at radius 1 is 0.964 bits per heavy atom. The number of rotatable bonds is 5. The van der Waals surface area contributed by atoms with Crippen LogP contribution in [0.3, 0.4) is 0 Å². The Morgan fingerprint density at radius 3 is 2.25 bits per heavy atom. The zero-order chi connectivity index (χ0) is 20.1. The number of anilines is 1. The van der Waals surface area contributed by atoms with Gasteiger partial charge in [0.15, 0.2) is 0 Å². The number of hydrogen-bond acceptors (Lipinski definition) is 3. The molecule has 1 fully saturated rings. The second-order valence-corrected chi connectivity index (χ2v) is 7.04. The summed E-state index contributed by atoms with van der Waals surface area (Å²) in [6.45, 7) is 2.34. The van der Waals surface area contributed by atoms with E-state index in [0.29, 0.717) is 31.9 Å². The summed E-state index contributed by atoms with van der Waals surface area (Å²) in [6, 6.07) is 9.68. The molecule has 28 heavy (non-hydrogen) atoms. The van der Waals surface area contributed by atoms with Crippen LogP contribution in [0.5, 0.6) is 0 Å². The Balaban J connectivity index is 1.45. The first-order valence-electron chi connectivity index (χ1n) is 8.90. The Labute approximate surface area is 166 Å². The highest BCUT2D eigenvalue weighted by Crippen LogP contribution is 2.22. The number of nitrogens with zero attached hydrogens (tertiary/aromatic N) is 2. The van der Waals surface area contributed by atoms with Crippen molar-refractivity contribution in [2.24, 2.45) is 0 Å². The molecule has 8 heteroatoms. The summed E-state index contributed by atoms with van der Waals surface area (Å²) in [5.74, 6) is -1.07. The Bertz CT molecular complexity index is 853. The average Bonchev–Trinajstić information content (AvgIpc) is 2.66. The van der Waals surface area contributed by atoms with E-state index in [2.05, 4.69) is 5.32 Å². The van der Waals surface area contributed by atoms with Gasteiger partial charge in [-0.05, 0) is 35.9 Å². The molecule has 5 nitrogen and oxygen atoms in total. The van der Waals surface area contributed by atoms with Crippen molar-refractivity contribution in [2.45, 2.75) is 6.42 Å². The highest BCUT2D eigenvalue weighted by molar-refractivity contribution is 6.33. The van der Waals surface area contributed by atoms with E-state index < -0.39 is 5.82 Å². The fraction of sp³-hybridized carbons (Fsp3) is 0.300. The molecule has 1 aliphatic heterocycles. The quantitative estimate of drug-likeness (QED) is 0.829. The summed E-state index contributed by atoms with van der Waals surface area (Å²) in [7, 11) is 0. The molecule has 0 aromatic heterocycles. The maximum Gasteiger partial charge on any atom is 0.238 e. The number of piperazine rings is 1. The van der Waals surface area contributed by atoms with Gasteiger partial charge in [-0.15, -0.1) is 0 Å². The van der Waals surface area contributed by atoms with Crippen LogP contribution in [0.2, 0.25) is 5.02 Å². The van der Waals surface area contributed by atoms with E-state index in [9.17, 15) is 18.4 Å². The number of hydrogen-bond donors (Lipinski definition) is 1. The van der Waals surface area contributed by atoms with Crippen molar-refractivity contribution in [1.82, 2.24) is 9.80 Å². The number of halogens is 3. The van der Waals surface area contributed by atoms with Crippen molar-refractivity contribution in [1.29, 1.82) is 0 Å². The van der Waals surface area contributed by atoms with Crippen LogP contribution in [0.1, 0.15) is 5.56 Å². The number of benzene rings is 2. The number of carbonyl (C=O) groups is 2. The van der Waals surface area contributed by atoms with Gasteiger partial charge in [-0.3, -0.25) is 14.5 Å². The third-order valence-electron chi connectivity index (χ3n) is 4.57. The lowest BCUT2D eigenvalue weighted by Gasteiger charge is -2.34. The SMILES string of the molecule is O=C(CN1CCN(C(=O)Cc2ccc(F)cc2)CC1)Nc1ccc(F)cc1Cl. The normalized spacial score (nSPS) is 14.8. The molecule has 0 unspecified atom stereocenters. The molecule has 0 spiro atoms. The summed E-state index contributed by atoms with van der Waals surface area (Å²) in [5.41, 5.74) is 1.13. The number of carbonyl (C=O) groups excluding carboxylic acids is 2. The van der Waals surface area contributed by atoms with Crippen LogP contribution in [0.15, 0.2) is 42.5 Å². The van der Waals surface area contributed by atoms with Crippen LogP contribution in [0.4, 0.5) is 14.5 Å². The van der Waals surface area contributed by atoms with Crippen LogP contribution in [-0.4, -0.2) is 54.3 Å². The topological polar surface area (TPSA) is 52.7 Å². The van der Waals surface area contributed by atoms with Crippen LogP contribution < -0.4 is 5.32 Å². The van der Waals surface area contributed by atoms with Gasteiger partial charge in [0.2, 0.25) is 11.8 Å². The molecule has 1 N–H and O–H groups in total. The zero-order valence-corrected chi connectivity index (χ0v) is 15.9. The van der Waals surface area contributed by atoms with E-state index in [-0.39, 0.29) is 35.6 Å². The summed E-state index contributed by atoms with van der Waals surface area (Å²) < 4.78 is 26.0. The van der Waals surface area contributed by atoms with Gasteiger partial charge < -0.3 is 10.2 Å². The summed E-state index contributed by atoms with van der Waals surface area (Å²) in [4.78, 5) is 28.2. The third-order valence-corrected chi connectivity index (χ3v) is 4.88. The van der Waals surface area contributed by atoms with Crippen molar-refractivity contribution in [3.8, 4) is 0 Å². The molecule has 0 atom stereocenters. The van der Waals surface area contributed by atoms with Gasteiger partial charge in [0.05, 0.1) is 23.7 Å². The van der Waals surface area contributed by atoms with E-state index in [1.165, 1.54) is 24.3 Å². The van der Waals surface area contributed by atoms with Gasteiger partial charge >= 0.3 is 0 Å². The lowest BCUT2D eigenvalue weighted by atomic mass is 10.1. The Morgan fingerprint density at radius 2 is 1.61 bits per heavy atom. The summed E-state index contributed by atoms with van der Waals surface area (Å²) in [5, 5.41) is 2.81. The molecule has 1 heterocycles. The van der Waals surface area contributed by atoms with Gasteiger partial charge in [0.25, 0.3) is 0 Å². The monoisotopic (exact) mass is 407 g/mol. The highest BCUT2D eigenvalue weighted by atomic mass is 35.5. The van der Waals surface area contributed by atoms with Crippen LogP contribution in [0.25, 0.3) is 0 Å². The molecule has 3 rings (SSSR count). The molecular formula is C20H20ClF2N3O2. The molecule has 0 bridgehead atoms. The summed E-state index contributed by atoms with van der Waals surface area (Å²) >= 11 is 5.91. The van der Waals surface area contributed by atoms with Crippen molar-refractivity contribution in [3.05, 3.63) is 64.7 Å². The molecule has 1 saturated heterocycles. The van der Waals surface area contributed by atoms with E-state index >= 15 is 0 Å². The van der Waals surface area contributed by atoms with Crippen LogP contribution in [0, 0.1) is 11.6 Å². The fourth-order valence-corrected chi connectivity index (χ4v) is 3.24. The average molecular weight is 408 g/mol. The molecule has 2 aromatic rings. The molecule has 0 saturated carbocycles. The predicted molar refractivity (Wildman–Crippen MR) is 103 cm³/mol. The first kappa shape index (κ1) is 20.2. The largest absolute Gasteiger partial charge is 0.340 e. The number of amides is 2. The van der Waals surface area contributed by atoms with Crippen molar-refractivity contribution in [2.75, 3.05) is 38.0 Å². The number of nitrogens with one attached hydrogen (secondary N) is 1. The van der Waals surface area contributed by atoms with E-state index in [0.717, 1.165) is 11.6 Å². The van der Waals surface area contributed by atoms with Crippen LogP contribution in [-0.2, 0) is 16.0 Å². The third kappa shape index (κ3) is 5.50. The molecule has 148 valence electrons. The first-order valence-corrected chi connectivity index (χ1v) is 9.28. The lowest BCUT2D eigenvalue weighted by molar-refractivity contribution is -0.132. The van der Waals surface area contributed by atoms with Gasteiger partial charge in [0, 0.05) is 26.2 Å². The fourth-order valence-electron chi connectivity index (χ4n) is 3.03. The Kier molecular flexibility index (Phi) is 6.59. The molecule has 0 radical (unpaired) electrons. The van der Waals surface area contributed by atoms with Crippen molar-refractivity contribution >= 4 is 29.1 Å². The Hall–Kier alpha value is -2.51. The highest BCUT2D eigenvalue weighted by Gasteiger charge is 2.22. The standard InChI is InChI=1S/C20H20ClF2N3O2/c21-17-12-16(23)5-6-18(17)24-19(27)13-25-7-9-26(10-8-25)20(28)11-14-1-3-15(22)4-2-14/h1-6,12H,7-11,13H2,(H,24,27). The van der Waals surface area contributed by atoms with Gasteiger partial charge in [-0.1, -0.05) is 23.7 Å². The zero-order valence-electron chi connectivity index (χ0n) is 15.1. The van der Waals surface area contributed by atoms with E-state index in [4.69, 9.17) is 11.6 Å². The molecule has 2 amide bonds. The second kappa shape index (κ2) is 9.12. The molecular weight excluding hydrogens is 388 g/mol. The minimum Gasteiger partial charge on any atom is -0.340 e. The maximum atomic E-state index is 13.1. The molecule has 2 aromatic carbocycles. The second-order valence-electron chi connectivity index (χ2n) is 6.63. The minimum atomic E-state index is -0.468. The maximum absolute atomic E-state index is 13.1. The van der Waals surface area contributed by atoms with Gasteiger partial charge in [-0.2, -0.15) is 0 Å². The predicted octanol–water partition coefficient (Wildman–Crippen LogP) is 2.94. The minimum absolute atomic E-state index is 0.0196. The van der Waals surface area contributed by atoms with Crippen LogP contribution >= 0.6 is 11.6 Å². The summed E-state index contributed by atoms with van der Waals surface area (Å²) in [6.07, 6.45) is 0.226. The van der Waals surface area contributed by atoms with Gasteiger partial charge in [0.1, 0.15) is 11.6 Å². The first-order chi connectivity index (χ1) is 13.4. The van der Waals surface area contributed by atoms with Crippen molar-refractivity contribution in [3.63, 3.8) is 0 Å². The molecule has 0 aliphatic carbocycles. The van der Waals surface area contributed by atoms with Crippen molar-refractivity contribution < 1.29 is 18.4 Å². The van der Waals surface area contributed by atoms with E-state index in [1.54, 1.807) is 17.0 Å². The van der Waals surface area contributed by atoms with Gasteiger partial charge in [-0.25, -0.2) is 8.78 Å². The molecule has 1 aliphatic rings. The smallest absolute Gasteiger partial charge is 0.238 e. The van der Waals surface area contributed by atoms with E-state index in [1.807, 2.05) is 4.90 Å². The lowest BCUT2D eigenvalue weighted by Crippen LogP contribution is -2.50.